The van der Waals surface area contributed by atoms with Crippen LogP contribution in [-0.2, 0) is 16.1 Å². The number of rotatable bonds is 6. The van der Waals surface area contributed by atoms with Gasteiger partial charge in [0.2, 0.25) is 5.91 Å². The van der Waals surface area contributed by atoms with Gasteiger partial charge in [-0.25, -0.2) is 0 Å². The van der Waals surface area contributed by atoms with Crippen LogP contribution in [0.4, 0.5) is 4.79 Å². The smallest absolute Gasteiger partial charge is 0.294 e. The number of hydrogen-bond donors (Lipinski definition) is 2. The topological polar surface area (TPSA) is 95.9 Å². The summed E-state index contributed by atoms with van der Waals surface area (Å²) in [6.45, 7) is -0.0630. The maximum atomic E-state index is 12.5. The van der Waals surface area contributed by atoms with Crippen molar-refractivity contribution in [3.8, 4) is 11.5 Å². The number of ether oxygens (including phenoxy) is 1. The fourth-order valence-corrected chi connectivity index (χ4v) is 3.90. The van der Waals surface area contributed by atoms with Gasteiger partial charge in [0, 0.05) is 11.0 Å². The van der Waals surface area contributed by atoms with Crippen molar-refractivity contribution in [3.63, 3.8) is 0 Å². The first-order valence-corrected chi connectivity index (χ1v) is 10.1. The van der Waals surface area contributed by atoms with Gasteiger partial charge < -0.3 is 15.2 Å². The second-order valence-electron chi connectivity index (χ2n) is 6.11. The van der Waals surface area contributed by atoms with Gasteiger partial charge in [-0.3, -0.25) is 19.3 Å². The Balaban J connectivity index is 1.64. The molecule has 0 saturated carbocycles. The molecule has 0 bridgehead atoms. The number of imide groups is 1. The molecule has 1 fully saturated rings. The second kappa shape index (κ2) is 9.15. The van der Waals surface area contributed by atoms with E-state index in [2.05, 4.69) is 21.2 Å². The second-order valence-corrected chi connectivity index (χ2v) is 8.01. The molecular weight excluding hydrogens is 460 g/mol. The lowest BCUT2D eigenvalue weighted by molar-refractivity contribution is -0.129. The largest absolute Gasteiger partial charge is 0.504 e. The number of methoxy groups -OCH3 is 1. The number of thioether (sulfide) groups is 1. The van der Waals surface area contributed by atoms with Gasteiger partial charge in [0.15, 0.2) is 11.5 Å². The van der Waals surface area contributed by atoms with Gasteiger partial charge in [0.1, 0.15) is 6.54 Å². The average molecular weight is 477 g/mol. The third kappa shape index (κ3) is 5.18. The standard InChI is InChI=1S/C20H17BrN2O5S/c1-28-16-8-12(5-6-15(16)24)9-17-19(26)23(20(27)29-17)11-18(25)22-10-13-3-2-4-14(21)7-13/h2-9,24H,10-11H2,1H3,(H,22,25)/b17-9-. The number of benzene rings is 2. The molecule has 1 aliphatic heterocycles. The third-order valence-corrected chi connectivity index (χ3v) is 5.46. The van der Waals surface area contributed by atoms with E-state index in [-0.39, 0.29) is 29.5 Å². The molecule has 3 amide bonds. The fraction of sp³-hybridized carbons (Fsp3) is 0.150. The number of hydrogen-bond acceptors (Lipinski definition) is 6. The monoisotopic (exact) mass is 476 g/mol. The van der Waals surface area contributed by atoms with Gasteiger partial charge in [-0.05, 0) is 53.2 Å². The minimum atomic E-state index is -0.537. The molecule has 1 aliphatic rings. The van der Waals surface area contributed by atoms with Crippen LogP contribution >= 0.6 is 27.7 Å². The van der Waals surface area contributed by atoms with Gasteiger partial charge in [0.25, 0.3) is 11.1 Å². The number of phenolic OH excluding ortho intramolecular Hbond substituents is 1. The lowest BCUT2D eigenvalue weighted by Crippen LogP contribution is -2.39. The number of amides is 3. The summed E-state index contributed by atoms with van der Waals surface area (Å²) in [5.74, 6) is -0.741. The molecule has 3 rings (SSSR count). The minimum absolute atomic E-state index is 0.0279. The summed E-state index contributed by atoms with van der Waals surface area (Å²) >= 11 is 4.12. The van der Waals surface area contributed by atoms with Gasteiger partial charge >= 0.3 is 0 Å². The first-order valence-electron chi connectivity index (χ1n) is 8.51. The Bertz CT molecular complexity index is 1010. The molecule has 0 aliphatic carbocycles. The van der Waals surface area contributed by atoms with E-state index in [9.17, 15) is 19.5 Å². The van der Waals surface area contributed by atoms with Crippen molar-refractivity contribution in [2.45, 2.75) is 6.54 Å². The Kier molecular flexibility index (Phi) is 6.60. The summed E-state index contributed by atoms with van der Waals surface area (Å²) in [6.07, 6.45) is 1.52. The van der Waals surface area contributed by atoms with Crippen LogP contribution in [0.1, 0.15) is 11.1 Å². The number of nitrogens with zero attached hydrogens (tertiary/aromatic N) is 1. The molecule has 2 aromatic carbocycles. The van der Waals surface area contributed by atoms with Gasteiger partial charge in [-0.2, -0.15) is 0 Å². The number of nitrogens with one attached hydrogen (secondary N) is 1. The van der Waals surface area contributed by atoms with Crippen molar-refractivity contribution in [2.24, 2.45) is 0 Å². The summed E-state index contributed by atoms with van der Waals surface area (Å²) in [5.41, 5.74) is 1.48. The molecule has 0 atom stereocenters. The van der Waals surface area contributed by atoms with Crippen molar-refractivity contribution in [3.05, 3.63) is 63.0 Å². The molecule has 2 aromatic rings. The zero-order chi connectivity index (χ0) is 21.0. The Morgan fingerprint density at radius 2 is 2.07 bits per heavy atom. The van der Waals surface area contributed by atoms with E-state index in [1.807, 2.05) is 24.3 Å². The Morgan fingerprint density at radius 3 is 2.79 bits per heavy atom. The normalized spacial score (nSPS) is 15.1. The highest BCUT2D eigenvalue weighted by atomic mass is 79.9. The van der Waals surface area contributed by atoms with Crippen LogP contribution in [0.15, 0.2) is 51.8 Å². The zero-order valence-corrected chi connectivity index (χ0v) is 17.7. The highest BCUT2D eigenvalue weighted by Crippen LogP contribution is 2.34. The van der Waals surface area contributed by atoms with E-state index >= 15 is 0 Å². The minimum Gasteiger partial charge on any atom is -0.504 e. The highest BCUT2D eigenvalue weighted by molar-refractivity contribution is 9.10. The number of carbonyl (C=O) groups is 3. The Hall–Kier alpha value is -2.78. The van der Waals surface area contributed by atoms with E-state index in [1.165, 1.54) is 19.3 Å². The quantitative estimate of drug-likeness (QED) is 0.619. The molecule has 150 valence electrons. The van der Waals surface area contributed by atoms with Crippen molar-refractivity contribution >= 4 is 50.8 Å². The van der Waals surface area contributed by atoms with Crippen molar-refractivity contribution in [2.75, 3.05) is 13.7 Å². The fourth-order valence-electron chi connectivity index (χ4n) is 2.62. The van der Waals surface area contributed by atoms with Crippen LogP contribution in [0.2, 0.25) is 0 Å². The number of phenols is 1. The first-order chi connectivity index (χ1) is 13.9. The van der Waals surface area contributed by atoms with Crippen LogP contribution in [0, 0.1) is 0 Å². The summed E-state index contributed by atoms with van der Waals surface area (Å²) in [6, 6.07) is 12.0. The summed E-state index contributed by atoms with van der Waals surface area (Å²) in [4.78, 5) is 38.0. The lowest BCUT2D eigenvalue weighted by Gasteiger charge is -2.12. The van der Waals surface area contributed by atoms with Gasteiger partial charge in [-0.15, -0.1) is 0 Å². The number of aromatic hydroxyl groups is 1. The molecule has 29 heavy (non-hydrogen) atoms. The molecule has 9 heteroatoms. The summed E-state index contributed by atoms with van der Waals surface area (Å²) < 4.78 is 5.93. The highest BCUT2D eigenvalue weighted by Gasteiger charge is 2.36. The first kappa shape index (κ1) is 20.9. The molecule has 7 nitrogen and oxygen atoms in total. The lowest BCUT2D eigenvalue weighted by atomic mass is 10.2. The Morgan fingerprint density at radius 1 is 1.28 bits per heavy atom. The zero-order valence-electron chi connectivity index (χ0n) is 15.3. The van der Waals surface area contributed by atoms with E-state index in [1.54, 1.807) is 12.1 Å². The van der Waals surface area contributed by atoms with E-state index < -0.39 is 17.1 Å². The molecule has 0 unspecified atom stereocenters. The van der Waals surface area contributed by atoms with E-state index in [0.717, 1.165) is 26.7 Å². The van der Waals surface area contributed by atoms with Crippen molar-refractivity contribution in [1.29, 1.82) is 0 Å². The molecular formula is C20H17BrN2O5S. The average Bonchev–Trinajstić information content (AvgIpc) is 2.95. The molecule has 1 heterocycles. The van der Waals surface area contributed by atoms with E-state index in [4.69, 9.17) is 4.74 Å². The predicted molar refractivity (Wildman–Crippen MR) is 113 cm³/mol. The Labute approximate surface area is 179 Å². The third-order valence-electron chi connectivity index (χ3n) is 4.06. The maximum absolute atomic E-state index is 12.5. The number of halogens is 1. The molecule has 0 aromatic heterocycles. The van der Waals surface area contributed by atoms with E-state index in [0.29, 0.717) is 5.56 Å². The predicted octanol–water partition coefficient (Wildman–Crippen LogP) is 3.52. The molecule has 0 radical (unpaired) electrons. The molecule has 0 spiro atoms. The van der Waals surface area contributed by atoms with Crippen molar-refractivity contribution in [1.82, 2.24) is 10.2 Å². The summed E-state index contributed by atoms with van der Waals surface area (Å²) in [7, 11) is 1.42. The number of carbonyl (C=O) groups excluding carboxylic acids is 3. The summed E-state index contributed by atoms with van der Waals surface area (Å²) in [5, 5.41) is 11.8. The van der Waals surface area contributed by atoms with Crippen LogP contribution in [-0.4, -0.2) is 40.7 Å². The van der Waals surface area contributed by atoms with Crippen LogP contribution in [0.3, 0.4) is 0 Å². The van der Waals surface area contributed by atoms with Gasteiger partial charge in [-0.1, -0.05) is 34.1 Å². The van der Waals surface area contributed by atoms with Crippen LogP contribution in [0.25, 0.3) is 6.08 Å². The van der Waals surface area contributed by atoms with Crippen molar-refractivity contribution < 1.29 is 24.2 Å². The van der Waals surface area contributed by atoms with Gasteiger partial charge in [0.05, 0.1) is 12.0 Å². The SMILES string of the molecule is COc1cc(/C=C2\SC(=O)N(CC(=O)NCc3cccc(Br)c3)C2=O)ccc1O. The molecule has 1 saturated heterocycles. The van der Waals surface area contributed by atoms with Crippen LogP contribution < -0.4 is 10.1 Å². The maximum Gasteiger partial charge on any atom is 0.294 e. The van der Waals surface area contributed by atoms with Crippen LogP contribution in [0.5, 0.6) is 11.5 Å². The molecule has 2 N–H and O–H groups in total.